The van der Waals surface area contributed by atoms with E-state index in [0.29, 0.717) is 21.4 Å². The molecule has 2 aromatic carbocycles. The van der Waals surface area contributed by atoms with Gasteiger partial charge in [0.05, 0.1) is 6.30 Å². The number of rotatable bonds is 12. The number of carboxylic acid groups (broad SMARTS) is 1. The number of carboxylic acids is 1. The summed E-state index contributed by atoms with van der Waals surface area (Å²) in [6, 6.07) is 9.04. The molecule has 1 N–H and O–H groups in total. The van der Waals surface area contributed by atoms with Crippen LogP contribution in [0.3, 0.4) is 0 Å². The largest absolute Gasteiger partial charge is 0.488 e. The van der Waals surface area contributed by atoms with Gasteiger partial charge in [0.2, 0.25) is 6.29 Å². The van der Waals surface area contributed by atoms with Gasteiger partial charge >= 0.3 is 5.97 Å². The Kier molecular flexibility index (Phi) is 9.86. The Labute approximate surface area is 228 Å². The highest BCUT2D eigenvalue weighted by molar-refractivity contribution is 8.53. The molecule has 12 heteroatoms. The summed E-state index contributed by atoms with van der Waals surface area (Å²) < 4.78 is 53.1. The molecule has 2 unspecified atom stereocenters. The fourth-order valence-electron chi connectivity index (χ4n) is 3.39. The molecule has 2 aromatic rings. The molecule has 1 saturated heterocycles. The van der Waals surface area contributed by atoms with E-state index in [1.807, 2.05) is 6.92 Å². The van der Waals surface area contributed by atoms with Crippen LogP contribution in [0.25, 0.3) is 6.08 Å². The minimum Gasteiger partial charge on any atom is -0.488 e. The van der Waals surface area contributed by atoms with Gasteiger partial charge in [0, 0.05) is 28.7 Å². The Morgan fingerprint density at radius 2 is 2.17 bits per heavy atom. The quantitative estimate of drug-likeness (QED) is 0.101. The third-order valence-corrected chi connectivity index (χ3v) is 6.66. The van der Waals surface area contributed by atoms with Gasteiger partial charge in [-0.3, -0.25) is 0 Å². The monoisotopic (exact) mass is 574 g/mol. The average molecular weight is 575 g/mol. The van der Waals surface area contributed by atoms with Gasteiger partial charge in [-0.15, -0.1) is 0 Å². The van der Waals surface area contributed by atoms with Gasteiger partial charge in [-0.25, -0.2) is 9.18 Å². The highest BCUT2D eigenvalue weighted by Crippen LogP contribution is 2.37. The summed E-state index contributed by atoms with van der Waals surface area (Å²) in [4.78, 5) is 11.0. The van der Waals surface area contributed by atoms with E-state index in [1.165, 1.54) is 25.1 Å². The highest BCUT2D eigenvalue weighted by Gasteiger charge is 2.39. The number of aliphatic carboxylic acids is 1. The molecular weight excluding hydrogens is 548 g/mol. The lowest BCUT2D eigenvalue weighted by Gasteiger charge is -2.19. The van der Waals surface area contributed by atoms with Crippen LogP contribution in [0.4, 0.5) is 4.39 Å². The molecule has 1 fully saturated rings. The van der Waals surface area contributed by atoms with E-state index >= 15 is 0 Å². The Hall–Kier alpha value is -1.74. The van der Waals surface area contributed by atoms with E-state index < -0.39 is 37.9 Å². The van der Waals surface area contributed by atoms with E-state index in [4.69, 9.17) is 49.3 Å². The van der Waals surface area contributed by atoms with Crippen LogP contribution in [0.15, 0.2) is 53.6 Å². The van der Waals surface area contributed by atoms with Crippen molar-refractivity contribution in [3.8, 4) is 11.5 Å². The van der Waals surface area contributed by atoms with Gasteiger partial charge in [-0.2, -0.15) is 0 Å². The lowest BCUT2D eigenvalue weighted by molar-refractivity contribution is -0.132. The van der Waals surface area contributed by atoms with Crippen molar-refractivity contribution in [3.63, 3.8) is 0 Å². The molecule has 0 bridgehead atoms. The molecule has 1 radical (unpaired) electrons. The zero-order valence-corrected chi connectivity index (χ0v) is 22.5. The molecule has 0 spiro atoms. The second-order valence-electron chi connectivity index (χ2n) is 7.81. The lowest BCUT2D eigenvalue weighted by atomic mass is 10.1. The van der Waals surface area contributed by atoms with E-state index in [2.05, 4.69) is 0 Å². The summed E-state index contributed by atoms with van der Waals surface area (Å²) in [7, 11) is -0.548. The molecule has 0 amide bonds. The summed E-state index contributed by atoms with van der Waals surface area (Å²) in [6.07, 6.45) is 1.44. The van der Waals surface area contributed by atoms with Crippen molar-refractivity contribution in [2.75, 3.05) is 6.61 Å². The summed E-state index contributed by atoms with van der Waals surface area (Å²) >= 11 is 12.9. The Bertz CT molecular complexity index is 1210. The van der Waals surface area contributed by atoms with Gasteiger partial charge in [0.15, 0.2) is 11.6 Å². The fraction of sp³-hybridized carbons (Fsp3) is 0.292. The first-order chi connectivity index (χ1) is 18.1. The van der Waals surface area contributed by atoms with E-state index in [1.54, 1.807) is 30.3 Å². The molecule has 6 nitrogen and oxygen atoms in total. The molecule has 36 heavy (non-hydrogen) atoms. The first-order valence-corrected chi connectivity index (χ1v) is 13.7. The molecular formula is C24H24BCl2FO6PS. The smallest absolute Gasteiger partial charge is 0.331 e. The van der Waals surface area contributed by atoms with Crippen molar-refractivity contribution < 1.29 is 32.7 Å². The summed E-state index contributed by atoms with van der Waals surface area (Å²) in [5, 5.41) is 9.89. The van der Waals surface area contributed by atoms with Crippen LogP contribution in [-0.2, 0) is 13.7 Å². The van der Waals surface area contributed by atoms with Crippen LogP contribution in [-0.4, -0.2) is 46.3 Å². The second-order valence-corrected chi connectivity index (χ2v) is 10.3. The van der Waals surface area contributed by atoms with Crippen molar-refractivity contribution in [2.45, 2.75) is 38.8 Å². The molecule has 4 atom stereocenters. The maximum atomic E-state index is 14.7. The van der Waals surface area contributed by atoms with Crippen LogP contribution in [0.2, 0.25) is 10.0 Å². The van der Waals surface area contributed by atoms with Gasteiger partial charge in [0.1, 0.15) is 32.1 Å². The van der Waals surface area contributed by atoms with Gasteiger partial charge in [0.25, 0.3) is 0 Å². The first-order valence-electron chi connectivity index (χ1n) is 11.7. The molecule has 1 heterocycles. The predicted octanol–water partition coefficient (Wildman–Crippen LogP) is 6.58. The van der Waals surface area contributed by atoms with Gasteiger partial charge in [-0.1, -0.05) is 36.9 Å². The summed E-state index contributed by atoms with van der Waals surface area (Å²) in [5.41, 5.74) is 1.22. The van der Waals surface area contributed by atoms with E-state index in [0.717, 1.165) is 24.8 Å². The van der Waals surface area contributed by atoms with Crippen LogP contribution < -0.4 is 9.47 Å². The van der Waals surface area contributed by atoms with Crippen molar-refractivity contribution in [1.82, 2.24) is 0 Å². The molecule has 0 aromatic heterocycles. The van der Waals surface area contributed by atoms with Crippen LogP contribution in [0, 0.1) is 5.82 Å². The Morgan fingerprint density at radius 1 is 1.39 bits per heavy atom. The van der Waals surface area contributed by atoms with Gasteiger partial charge < -0.3 is 23.5 Å². The van der Waals surface area contributed by atoms with Gasteiger partial charge in [-0.05, 0) is 68.8 Å². The number of hydrogen-bond acceptors (Lipinski definition) is 6. The fourth-order valence-corrected chi connectivity index (χ4v) is 4.68. The van der Waals surface area contributed by atoms with Crippen molar-refractivity contribution in [1.29, 1.82) is 2.61 Å². The number of halogens is 3. The molecule has 3 rings (SSSR count). The van der Waals surface area contributed by atoms with Crippen molar-refractivity contribution in [2.24, 2.45) is 0 Å². The summed E-state index contributed by atoms with van der Waals surface area (Å²) in [6.45, 7) is 3.43. The maximum Gasteiger partial charge on any atom is 0.331 e. The SMILES string of the molecule is [2H]P([B][3H])SO[C@H]1CC(Oc2ccc(C=C(C)C(=O)O)cc2F)O[C@@H]1C(C)=CCOc1ccc(Cl)cc1Cl. The van der Waals surface area contributed by atoms with E-state index in [9.17, 15) is 9.18 Å². The number of carbonyl (C=O) groups is 1. The molecule has 0 saturated carbocycles. The normalized spacial score (nSPS) is 22.0. The Balaban J connectivity index is 1.70. The first kappa shape index (κ1) is 25.9. The Morgan fingerprint density at radius 3 is 2.86 bits per heavy atom. The zero-order valence-electron chi connectivity index (χ0n) is 21.3. The lowest BCUT2D eigenvalue weighted by Crippen LogP contribution is -2.24. The third-order valence-electron chi connectivity index (χ3n) is 5.19. The summed E-state index contributed by atoms with van der Waals surface area (Å²) in [5.74, 6) is -1.36. The molecule has 191 valence electrons. The van der Waals surface area contributed by atoms with E-state index in [-0.39, 0.29) is 24.4 Å². The number of ether oxygens (including phenoxy) is 3. The van der Waals surface area contributed by atoms with Crippen LogP contribution in [0.5, 0.6) is 11.5 Å². The number of hydrogen-bond donors (Lipinski definition) is 1. The molecule has 0 aliphatic carbocycles. The maximum absolute atomic E-state index is 14.7. The topological polar surface area (TPSA) is 74.2 Å². The van der Waals surface area contributed by atoms with Crippen LogP contribution in [0.1, 0.15) is 25.8 Å². The highest BCUT2D eigenvalue weighted by atomic mass is 35.5. The standard InChI is InChI=1S/C24H24BCl2FO6PS/c1-13(7-8-31-19-6-4-16(26)11-17(19)27)23-21(34-36-35-25)12-22(33-23)32-20-5-3-15(10-18(20)28)9-14(2)24(29)30/h3-7,9-11,21-23,25,35H,8,12H2,1-2H3,(H,29,30)/t21-,22?,23+,35?/m0/s1/i25T,35D. The average Bonchev–Trinajstić information content (AvgIpc) is 3.28. The zero-order chi connectivity index (χ0) is 27.8. The molecule has 1 aliphatic rings. The number of benzene rings is 2. The molecule has 1 aliphatic heterocycles. The van der Waals surface area contributed by atoms with Crippen LogP contribution >= 0.6 is 42.5 Å². The second kappa shape index (κ2) is 13.7. The predicted molar refractivity (Wildman–Crippen MR) is 145 cm³/mol. The third kappa shape index (κ3) is 8.14. The minimum absolute atomic E-state index is 0.0586. The van der Waals surface area contributed by atoms with Crippen molar-refractivity contribution in [3.05, 3.63) is 75.0 Å². The van der Waals surface area contributed by atoms with Crippen molar-refractivity contribution >= 4 is 62.0 Å². The minimum atomic E-state index is -1.55.